The van der Waals surface area contributed by atoms with Crippen LogP contribution in [0, 0.1) is 0 Å². The van der Waals surface area contributed by atoms with Crippen LogP contribution < -0.4 is 5.76 Å². The molecule has 0 fully saturated rings. The van der Waals surface area contributed by atoms with Crippen molar-refractivity contribution in [3.63, 3.8) is 0 Å². The lowest BCUT2D eigenvalue weighted by molar-refractivity contribution is 0.232. The van der Waals surface area contributed by atoms with Gasteiger partial charge in [0.25, 0.3) is 5.24 Å². The standard InChI is InChI=1S/C10H10N2O3S/c1-12(10(14)16)5-6-2-3-8-7(4-6)11-9(13)15-8/h2-4H,5H2,1H3,(H,11,13)(H,14,16). The number of nitrogens with one attached hydrogen (secondary N) is 1. The molecule has 1 N–H and O–H groups in total. The highest BCUT2D eigenvalue weighted by Gasteiger charge is 2.06. The Labute approximate surface area is 96.5 Å². The summed E-state index contributed by atoms with van der Waals surface area (Å²) in [7, 11) is 1.65. The Hall–Kier alpha value is -1.69. The summed E-state index contributed by atoms with van der Waals surface area (Å²) >= 11 is 3.71. The Morgan fingerprint density at radius 2 is 2.31 bits per heavy atom. The summed E-state index contributed by atoms with van der Waals surface area (Å²) in [5, 5.41) is -0.305. The van der Waals surface area contributed by atoms with Gasteiger partial charge in [-0.05, 0) is 17.7 Å². The first kappa shape index (κ1) is 10.8. The van der Waals surface area contributed by atoms with Crippen LogP contribution in [-0.2, 0) is 6.54 Å². The molecule has 0 aliphatic rings. The smallest absolute Gasteiger partial charge is 0.408 e. The molecule has 2 rings (SSSR count). The second-order valence-electron chi connectivity index (χ2n) is 3.48. The maximum absolute atomic E-state index is 10.9. The molecule has 0 unspecified atom stereocenters. The van der Waals surface area contributed by atoms with Crippen molar-refractivity contribution in [2.75, 3.05) is 7.05 Å². The van der Waals surface area contributed by atoms with E-state index in [0.29, 0.717) is 17.6 Å². The number of fused-ring (bicyclic) bond motifs is 1. The second-order valence-corrected chi connectivity index (χ2v) is 3.87. The molecule has 0 spiro atoms. The van der Waals surface area contributed by atoms with E-state index in [0.717, 1.165) is 5.56 Å². The molecule has 16 heavy (non-hydrogen) atoms. The Balaban J connectivity index is 2.32. The van der Waals surface area contributed by atoms with E-state index in [-0.39, 0.29) is 5.24 Å². The quantitative estimate of drug-likeness (QED) is 0.781. The number of hydrogen-bond acceptors (Lipinski definition) is 3. The lowest BCUT2D eigenvalue weighted by atomic mass is 10.2. The Morgan fingerprint density at radius 3 is 3.00 bits per heavy atom. The molecule has 2 aromatic rings. The van der Waals surface area contributed by atoms with Crippen molar-refractivity contribution in [3.8, 4) is 0 Å². The predicted octanol–water partition coefficient (Wildman–Crippen LogP) is 1.60. The van der Waals surface area contributed by atoms with Crippen molar-refractivity contribution in [1.82, 2.24) is 9.88 Å². The van der Waals surface area contributed by atoms with Gasteiger partial charge in [-0.2, -0.15) is 0 Å². The zero-order valence-electron chi connectivity index (χ0n) is 8.56. The van der Waals surface area contributed by atoms with Gasteiger partial charge in [-0.15, -0.1) is 0 Å². The molecule has 1 aromatic heterocycles. The van der Waals surface area contributed by atoms with E-state index in [9.17, 15) is 9.59 Å². The molecule has 1 amide bonds. The molecule has 0 saturated carbocycles. The SMILES string of the molecule is CN(Cc1ccc2oc(=O)[nH]c2c1)C(=O)S. The third-order valence-corrected chi connectivity index (χ3v) is 2.57. The van der Waals surface area contributed by atoms with Crippen LogP contribution in [0.5, 0.6) is 0 Å². The average Bonchev–Trinajstić information content (AvgIpc) is 2.57. The molecular weight excluding hydrogens is 228 g/mol. The highest BCUT2D eigenvalue weighted by atomic mass is 32.1. The molecule has 0 aliphatic carbocycles. The lowest BCUT2D eigenvalue weighted by Crippen LogP contribution is -2.20. The minimum atomic E-state index is -0.481. The van der Waals surface area contributed by atoms with Crippen LogP contribution in [0.3, 0.4) is 0 Å². The first-order valence-corrected chi connectivity index (χ1v) is 5.07. The van der Waals surface area contributed by atoms with Gasteiger partial charge in [-0.3, -0.25) is 9.78 Å². The highest BCUT2D eigenvalue weighted by molar-refractivity contribution is 7.96. The monoisotopic (exact) mass is 238 g/mol. The fourth-order valence-corrected chi connectivity index (χ4v) is 1.51. The number of oxazole rings is 1. The molecule has 0 bridgehead atoms. The van der Waals surface area contributed by atoms with Crippen molar-refractivity contribution < 1.29 is 9.21 Å². The van der Waals surface area contributed by atoms with Gasteiger partial charge in [0.2, 0.25) is 0 Å². The van der Waals surface area contributed by atoms with Crippen molar-refractivity contribution in [2.45, 2.75) is 6.54 Å². The van der Waals surface area contributed by atoms with E-state index in [1.807, 2.05) is 0 Å². The molecule has 5 nitrogen and oxygen atoms in total. The van der Waals surface area contributed by atoms with Crippen LogP contribution in [0.2, 0.25) is 0 Å². The summed E-state index contributed by atoms with van der Waals surface area (Å²) in [6.45, 7) is 0.436. The molecule has 0 atom stereocenters. The Morgan fingerprint density at radius 1 is 1.56 bits per heavy atom. The normalized spacial score (nSPS) is 10.6. The Kier molecular flexibility index (Phi) is 2.74. The van der Waals surface area contributed by atoms with Gasteiger partial charge in [-0.25, -0.2) is 4.79 Å². The molecule has 1 heterocycles. The maximum Gasteiger partial charge on any atom is 0.417 e. The number of hydrogen-bond donors (Lipinski definition) is 2. The van der Waals surface area contributed by atoms with Gasteiger partial charge in [0.05, 0.1) is 5.52 Å². The van der Waals surface area contributed by atoms with Crippen molar-refractivity contribution in [1.29, 1.82) is 0 Å². The maximum atomic E-state index is 10.9. The van der Waals surface area contributed by atoms with Crippen molar-refractivity contribution in [2.24, 2.45) is 0 Å². The zero-order chi connectivity index (χ0) is 11.7. The number of aromatic nitrogens is 1. The molecule has 0 radical (unpaired) electrons. The molecule has 84 valence electrons. The number of thiol groups is 1. The largest absolute Gasteiger partial charge is 0.417 e. The van der Waals surface area contributed by atoms with Gasteiger partial charge in [0, 0.05) is 13.6 Å². The molecule has 6 heteroatoms. The van der Waals surface area contributed by atoms with Gasteiger partial charge in [-0.1, -0.05) is 18.7 Å². The second kappa shape index (κ2) is 4.05. The minimum absolute atomic E-state index is 0.305. The number of nitrogens with zero attached hydrogens (tertiary/aromatic N) is 1. The topological polar surface area (TPSA) is 66.3 Å². The van der Waals surface area contributed by atoms with Crippen molar-refractivity contribution in [3.05, 3.63) is 34.3 Å². The molecule has 1 aromatic carbocycles. The van der Waals surface area contributed by atoms with Crippen LogP contribution in [-0.4, -0.2) is 22.2 Å². The number of H-pyrrole nitrogens is 1. The summed E-state index contributed by atoms with van der Waals surface area (Å²) in [6.07, 6.45) is 0. The summed E-state index contributed by atoms with van der Waals surface area (Å²) in [5.74, 6) is -0.481. The van der Waals surface area contributed by atoms with Crippen molar-refractivity contribution >= 4 is 29.0 Å². The van der Waals surface area contributed by atoms with Gasteiger partial charge in [0.1, 0.15) is 0 Å². The third kappa shape index (κ3) is 2.11. The molecule has 0 saturated heterocycles. The van der Waals surface area contributed by atoms with Gasteiger partial charge in [0.15, 0.2) is 5.58 Å². The number of rotatable bonds is 2. The number of aromatic amines is 1. The Bertz CT molecular complexity index is 587. The first-order chi connectivity index (χ1) is 7.56. The number of carbonyl (C=O) groups is 1. The molecule has 0 aliphatic heterocycles. The van der Waals surface area contributed by atoms with Gasteiger partial charge >= 0.3 is 5.76 Å². The third-order valence-electron chi connectivity index (χ3n) is 2.23. The van der Waals surface area contributed by atoms with E-state index in [2.05, 4.69) is 17.6 Å². The van der Waals surface area contributed by atoms with E-state index in [1.54, 1.807) is 25.2 Å². The van der Waals surface area contributed by atoms with Gasteiger partial charge < -0.3 is 9.32 Å². The summed E-state index contributed by atoms with van der Waals surface area (Å²) in [6, 6.07) is 5.26. The number of benzene rings is 1. The van der Waals surface area contributed by atoms with E-state index in [1.165, 1.54) is 4.90 Å². The van der Waals surface area contributed by atoms with Crippen LogP contribution >= 0.6 is 12.6 Å². The van der Waals surface area contributed by atoms with Crippen LogP contribution in [0.1, 0.15) is 5.56 Å². The lowest BCUT2D eigenvalue weighted by Gasteiger charge is -2.13. The molecular formula is C10H10N2O3S. The fourth-order valence-electron chi connectivity index (χ4n) is 1.44. The van der Waals surface area contributed by atoms with Crippen LogP contribution in [0.25, 0.3) is 11.1 Å². The highest BCUT2D eigenvalue weighted by Crippen LogP contribution is 2.13. The summed E-state index contributed by atoms with van der Waals surface area (Å²) in [4.78, 5) is 25.9. The predicted molar refractivity (Wildman–Crippen MR) is 62.7 cm³/mol. The van der Waals surface area contributed by atoms with E-state index >= 15 is 0 Å². The number of amides is 1. The van der Waals surface area contributed by atoms with Crippen LogP contribution in [0.15, 0.2) is 27.4 Å². The fraction of sp³-hybridized carbons (Fsp3) is 0.200. The number of carbonyl (C=O) groups excluding carboxylic acids is 1. The van der Waals surface area contributed by atoms with Crippen LogP contribution in [0.4, 0.5) is 4.79 Å². The van der Waals surface area contributed by atoms with E-state index in [4.69, 9.17) is 4.42 Å². The summed E-state index contributed by atoms with van der Waals surface area (Å²) < 4.78 is 4.87. The average molecular weight is 238 g/mol. The zero-order valence-corrected chi connectivity index (χ0v) is 9.45. The first-order valence-electron chi connectivity index (χ1n) is 4.62. The minimum Gasteiger partial charge on any atom is -0.408 e. The van der Waals surface area contributed by atoms with E-state index < -0.39 is 5.76 Å². The summed E-state index contributed by atoms with van der Waals surface area (Å²) in [5.41, 5.74) is 2.03.